The van der Waals surface area contributed by atoms with Crippen LogP contribution >= 0.6 is 0 Å². The Labute approximate surface area is 169 Å². The third kappa shape index (κ3) is 14.5. The van der Waals surface area contributed by atoms with Gasteiger partial charge < -0.3 is 5.11 Å². The van der Waals surface area contributed by atoms with Gasteiger partial charge >= 0.3 is 0 Å². The van der Waals surface area contributed by atoms with Crippen molar-refractivity contribution >= 4 is 10.1 Å². The summed E-state index contributed by atoms with van der Waals surface area (Å²) in [5.74, 6) is 0. The summed E-state index contributed by atoms with van der Waals surface area (Å²) in [5.41, 5.74) is 0. The Morgan fingerprint density at radius 2 is 0.889 bits per heavy atom. The van der Waals surface area contributed by atoms with Crippen LogP contribution in [-0.2, 0) is 10.1 Å². The molecule has 4 nitrogen and oxygen atoms in total. The van der Waals surface area contributed by atoms with Crippen molar-refractivity contribution in [1.82, 2.24) is 0 Å². The molecular weight excluding hydrogens is 360 g/mol. The molecule has 0 fully saturated rings. The molecule has 5 heteroatoms. The lowest BCUT2D eigenvalue weighted by Gasteiger charge is -2.24. The van der Waals surface area contributed by atoms with Crippen molar-refractivity contribution in [3.8, 4) is 0 Å². The van der Waals surface area contributed by atoms with E-state index in [2.05, 4.69) is 6.92 Å². The molecule has 0 saturated heterocycles. The summed E-state index contributed by atoms with van der Waals surface area (Å²) in [6, 6.07) is 0. The van der Waals surface area contributed by atoms with Crippen molar-refractivity contribution in [3.63, 3.8) is 0 Å². The SMILES string of the molecule is CCCCCCCCCCCCCCCCCCC(O)(CCC)S(=O)(=O)O. The molecule has 0 aromatic carbocycles. The second-order valence-electron chi connectivity index (χ2n) is 8.22. The van der Waals surface area contributed by atoms with Crippen molar-refractivity contribution in [3.05, 3.63) is 0 Å². The van der Waals surface area contributed by atoms with Gasteiger partial charge in [-0.2, -0.15) is 8.42 Å². The average Bonchev–Trinajstić information content (AvgIpc) is 2.60. The molecule has 0 aliphatic carbocycles. The lowest BCUT2D eigenvalue weighted by atomic mass is 10.0. The van der Waals surface area contributed by atoms with Crippen LogP contribution in [0, 0.1) is 0 Å². The minimum Gasteiger partial charge on any atom is -0.372 e. The van der Waals surface area contributed by atoms with Crippen LogP contribution in [-0.4, -0.2) is 23.0 Å². The van der Waals surface area contributed by atoms with Crippen molar-refractivity contribution in [1.29, 1.82) is 0 Å². The molecule has 1 unspecified atom stereocenters. The number of hydrogen-bond acceptors (Lipinski definition) is 3. The third-order valence-electron chi connectivity index (χ3n) is 5.54. The van der Waals surface area contributed by atoms with Crippen LogP contribution < -0.4 is 0 Å². The summed E-state index contributed by atoms with van der Waals surface area (Å²) in [6.45, 7) is 4.07. The predicted molar refractivity (Wildman–Crippen MR) is 116 cm³/mol. The van der Waals surface area contributed by atoms with Crippen LogP contribution in [0.1, 0.15) is 136 Å². The van der Waals surface area contributed by atoms with E-state index in [0.29, 0.717) is 12.8 Å². The molecule has 0 bridgehead atoms. The minimum absolute atomic E-state index is 0.102. The number of aliphatic hydroxyl groups is 1. The summed E-state index contributed by atoms with van der Waals surface area (Å²) in [5, 5.41) is 10.1. The van der Waals surface area contributed by atoms with E-state index in [4.69, 9.17) is 0 Å². The summed E-state index contributed by atoms with van der Waals surface area (Å²) in [6.07, 6.45) is 20.9. The molecule has 0 amide bonds. The number of hydrogen-bond donors (Lipinski definition) is 2. The molecular formula is C22H46O4S. The Balaban J connectivity index is 3.43. The Bertz CT molecular complexity index is 422. The molecule has 0 spiro atoms. The molecule has 0 heterocycles. The van der Waals surface area contributed by atoms with Gasteiger partial charge in [0.1, 0.15) is 0 Å². The van der Waals surface area contributed by atoms with Crippen LogP contribution in [0.25, 0.3) is 0 Å². The maximum absolute atomic E-state index is 11.3. The minimum atomic E-state index is -4.39. The zero-order valence-electron chi connectivity index (χ0n) is 18.1. The maximum Gasteiger partial charge on any atom is 0.294 e. The highest BCUT2D eigenvalue weighted by Gasteiger charge is 2.38. The zero-order chi connectivity index (χ0) is 20.4. The fourth-order valence-corrected chi connectivity index (χ4v) is 4.59. The van der Waals surface area contributed by atoms with E-state index in [1.807, 2.05) is 6.92 Å². The van der Waals surface area contributed by atoms with E-state index in [1.54, 1.807) is 0 Å². The first-order valence-electron chi connectivity index (χ1n) is 11.6. The number of unbranched alkanes of at least 4 members (excludes halogenated alkanes) is 15. The molecule has 0 aromatic heterocycles. The van der Waals surface area contributed by atoms with Crippen molar-refractivity contribution in [2.45, 2.75) is 141 Å². The van der Waals surface area contributed by atoms with Gasteiger partial charge in [-0.25, -0.2) is 0 Å². The Kier molecular flexibility index (Phi) is 16.7. The van der Waals surface area contributed by atoms with Crippen LogP contribution in [0.4, 0.5) is 0 Å². The highest BCUT2D eigenvalue weighted by molar-refractivity contribution is 7.87. The first kappa shape index (κ1) is 26.9. The van der Waals surface area contributed by atoms with E-state index >= 15 is 0 Å². The lowest BCUT2D eigenvalue weighted by molar-refractivity contribution is 0.0906. The Morgan fingerprint density at radius 1 is 0.556 bits per heavy atom. The fourth-order valence-electron chi connectivity index (χ4n) is 3.72. The molecule has 27 heavy (non-hydrogen) atoms. The first-order valence-corrected chi connectivity index (χ1v) is 13.0. The van der Waals surface area contributed by atoms with Crippen LogP contribution in [0.2, 0.25) is 0 Å². The molecule has 1 atom stereocenters. The van der Waals surface area contributed by atoms with E-state index in [0.717, 1.165) is 12.8 Å². The zero-order valence-corrected chi connectivity index (χ0v) is 18.9. The van der Waals surface area contributed by atoms with Crippen molar-refractivity contribution in [2.75, 3.05) is 0 Å². The van der Waals surface area contributed by atoms with Crippen LogP contribution in [0.5, 0.6) is 0 Å². The van der Waals surface area contributed by atoms with E-state index in [1.165, 1.54) is 83.5 Å². The standard InChI is InChI=1S/C22H46O4S/c1-3-5-6-7-8-9-10-11-12-13-14-15-16-17-18-19-21-22(23,20-4-2)27(24,25)26/h23H,3-21H2,1-2H3,(H,24,25,26). The van der Waals surface area contributed by atoms with E-state index in [9.17, 15) is 18.1 Å². The monoisotopic (exact) mass is 406 g/mol. The van der Waals surface area contributed by atoms with Gasteiger partial charge in [0, 0.05) is 0 Å². The Morgan fingerprint density at radius 3 is 1.19 bits per heavy atom. The van der Waals surface area contributed by atoms with Gasteiger partial charge in [0.15, 0.2) is 4.93 Å². The summed E-state index contributed by atoms with van der Waals surface area (Å²) >= 11 is 0. The summed E-state index contributed by atoms with van der Waals surface area (Å²) < 4.78 is 31.9. The highest BCUT2D eigenvalue weighted by Crippen LogP contribution is 2.26. The molecule has 164 valence electrons. The van der Waals surface area contributed by atoms with Gasteiger partial charge in [-0.15, -0.1) is 0 Å². The van der Waals surface area contributed by atoms with E-state index < -0.39 is 15.1 Å². The second-order valence-corrected chi connectivity index (χ2v) is 9.93. The molecule has 0 aliphatic rings. The Hall–Kier alpha value is -0.130. The fraction of sp³-hybridized carbons (Fsp3) is 1.00. The topological polar surface area (TPSA) is 74.6 Å². The average molecular weight is 407 g/mol. The lowest BCUT2D eigenvalue weighted by Crippen LogP contribution is -2.38. The van der Waals surface area contributed by atoms with Crippen LogP contribution in [0.3, 0.4) is 0 Å². The molecule has 0 saturated carbocycles. The highest BCUT2D eigenvalue weighted by atomic mass is 32.2. The van der Waals surface area contributed by atoms with Gasteiger partial charge in [0.05, 0.1) is 0 Å². The predicted octanol–water partition coefficient (Wildman–Crippen LogP) is 7.01. The first-order chi connectivity index (χ1) is 12.9. The van der Waals surface area contributed by atoms with Gasteiger partial charge in [-0.3, -0.25) is 4.55 Å². The summed E-state index contributed by atoms with van der Waals surface area (Å²) in [7, 11) is -4.39. The quantitative estimate of drug-likeness (QED) is 0.168. The van der Waals surface area contributed by atoms with Crippen LogP contribution in [0.15, 0.2) is 0 Å². The number of rotatable bonds is 20. The molecule has 0 aromatic rings. The third-order valence-corrected chi connectivity index (χ3v) is 6.91. The van der Waals surface area contributed by atoms with E-state index in [-0.39, 0.29) is 12.8 Å². The molecule has 2 N–H and O–H groups in total. The van der Waals surface area contributed by atoms with Gasteiger partial charge in [-0.05, 0) is 19.3 Å². The maximum atomic E-state index is 11.3. The smallest absolute Gasteiger partial charge is 0.294 e. The summed E-state index contributed by atoms with van der Waals surface area (Å²) in [4.78, 5) is -1.95. The molecule has 0 rings (SSSR count). The van der Waals surface area contributed by atoms with Crippen molar-refractivity contribution in [2.24, 2.45) is 0 Å². The molecule has 0 aliphatic heterocycles. The van der Waals surface area contributed by atoms with Crippen molar-refractivity contribution < 1.29 is 18.1 Å². The normalized spacial score (nSPS) is 14.4. The molecule has 0 radical (unpaired) electrons. The van der Waals surface area contributed by atoms with Gasteiger partial charge in [0.2, 0.25) is 0 Å². The van der Waals surface area contributed by atoms with Gasteiger partial charge in [0.25, 0.3) is 10.1 Å². The largest absolute Gasteiger partial charge is 0.372 e. The second kappa shape index (κ2) is 16.8. The van der Waals surface area contributed by atoms with Gasteiger partial charge in [-0.1, -0.05) is 117 Å².